The molecule has 4 N–H and O–H groups in total. The third-order valence-electron chi connectivity index (χ3n) is 1.54. The Labute approximate surface area is 82.6 Å². The summed E-state index contributed by atoms with van der Waals surface area (Å²) >= 11 is 0. The molecule has 0 amide bonds. The summed E-state index contributed by atoms with van der Waals surface area (Å²) in [5.41, 5.74) is 2.46. The summed E-state index contributed by atoms with van der Waals surface area (Å²) in [7, 11) is 0. The minimum Gasteiger partial charge on any atom is -0.444 e. The van der Waals surface area contributed by atoms with Gasteiger partial charge in [0, 0.05) is 13.5 Å². The summed E-state index contributed by atoms with van der Waals surface area (Å²) in [6.45, 7) is 4.94. The second kappa shape index (κ2) is 5.23. The number of guanidine groups is 1. The Bertz CT molecular complexity index is 306. The van der Waals surface area contributed by atoms with Crippen molar-refractivity contribution in [1.82, 2.24) is 15.7 Å². The number of aliphatic imine (C=N–C) groups is 1. The first-order valence-electron chi connectivity index (χ1n) is 4.42. The highest BCUT2D eigenvalue weighted by Gasteiger charge is 1.99. The van der Waals surface area contributed by atoms with Crippen molar-refractivity contribution in [1.29, 1.82) is 0 Å². The van der Waals surface area contributed by atoms with Gasteiger partial charge in [-0.05, 0) is 6.92 Å². The third kappa shape index (κ3) is 3.06. The van der Waals surface area contributed by atoms with Gasteiger partial charge in [0.25, 0.3) is 0 Å². The highest BCUT2D eigenvalue weighted by molar-refractivity contribution is 5.78. The fourth-order valence-electron chi connectivity index (χ4n) is 0.955. The Hall–Kier alpha value is -1.56. The number of aryl methyl sites for hydroxylation is 1. The van der Waals surface area contributed by atoms with Crippen LogP contribution >= 0.6 is 0 Å². The molecule has 0 bridgehead atoms. The lowest BCUT2D eigenvalue weighted by molar-refractivity contribution is 0.476. The highest BCUT2D eigenvalue weighted by Crippen LogP contribution is 2.02. The first kappa shape index (κ1) is 10.5. The number of hydrazine groups is 1. The fourth-order valence-corrected chi connectivity index (χ4v) is 0.955. The van der Waals surface area contributed by atoms with E-state index in [2.05, 4.69) is 20.7 Å². The van der Waals surface area contributed by atoms with Gasteiger partial charge in [-0.15, -0.1) is 0 Å². The molecule has 6 heteroatoms. The average Bonchev–Trinajstić information content (AvgIpc) is 2.59. The van der Waals surface area contributed by atoms with Crippen molar-refractivity contribution in [3.63, 3.8) is 0 Å². The van der Waals surface area contributed by atoms with Gasteiger partial charge >= 0.3 is 0 Å². The molecule has 1 rings (SSSR count). The van der Waals surface area contributed by atoms with E-state index in [9.17, 15) is 0 Å². The Balaban J connectivity index is 2.51. The van der Waals surface area contributed by atoms with Gasteiger partial charge in [-0.2, -0.15) is 0 Å². The van der Waals surface area contributed by atoms with Crippen molar-refractivity contribution in [3.8, 4) is 0 Å². The van der Waals surface area contributed by atoms with Crippen LogP contribution in [0.3, 0.4) is 0 Å². The van der Waals surface area contributed by atoms with Crippen LogP contribution in [0.2, 0.25) is 0 Å². The van der Waals surface area contributed by atoms with Gasteiger partial charge in [-0.1, -0.05) is 0 Å². The molecule has 0 fully saturated rings. The molecule has 0 aliphatic carbocycles. The van der Waals surface area contributed by atoms with Crippen molar-refractivity contribution >= 4 is 5.96 Å². The third-order valence-corrected chi connectivity index (χ3v) is 1.54. The normalized spacial score (nSPS) is 11.5. The molecule has 14 heavy (non-hydrogen) atoms. The lowest BCUT2D eigenvalue weighted by atomic mass is 10.5. The number of nitrogens with one attached hydrogen (secondary N) is 2. The molecule has 0 aromatic carbocycles. The maximum atomic E-state index is 5.24. The van der Waals surface area contributed by atoms with Crippen molar-refractivity contribution in [2.75, 3.05) is 6.54 Å². The zero-order valence-electron chi connectivity index (χ0n) is 8.37. The summed E-state index contributed by atoms with van der Waals surface area (Å²) in [4.78, 5) is 8.11. The van der Waals surface area contributed by atoms with E-state index < -0.39 is 0 Å². The Kier molecular flexibility index (Phi) is 3.93. The first-order valence-corrected chi connectivity index (χ1v) is 4.42. The average molecular weight is 197 g/mol. The number of nitrogens with zero attached hydrogens (tertiary/aromatic N) is 2. The molecule has 0 aliphatic heterocycles. The van der Waals surface area contributed by atoms with E-state index in [-0.39, 0.29) is 0 Å². The Morgan fingerprint density at radius 3 is 3.00 bits per heavy atom. The van der Waals surface area contributed by atoms with E-state index in [1.807, 2.05) is 6.92 Å². The van der Waals surface area contributed by atoms with Crippen LogP contribution in [0.25, 0.3) is 0 Å². The van der Waals surface area contributed by atoms with Gasteiger partial charge in [0.2, 0.25) is 5.96 Å². The van der Waals surface area contributed by atoms with Gasteiger partial charge in [-0.25, -0.2) is 15.8 Å². The topological polar surface area (TPSA) is 88.5 Å². The van der Waals surface area contributed by atoms with Gasteiger partial charge < -0.3 is 9.73 Å². The van der Waals surface area contributed by atoms with Crippen LogP contribution in [-0.4, -0.2) is 17.5 Å². The smallest absolute Gasteiger partial charge is 0.206 e. The number of aromatic nitrogens is 1. The molecule has 1 aromatic rings. The number of rotatable bonds is 3. The van der Waals surface area contributed by atoms with Crippen molar-refractivity contribution in [3.05, 3.63) is 17.8 Å². The largest absolute Gasteiger partial charge is 0.444 e. The monoisotopic (exact) mass is 197 g/mol. The van der Waals surface area contributed by atoms with E-state index in [0.29, 0.717) is 24.2 Å². The molecule has 0 unspecified atom stereocenters. The molecule has 0 atom stereocenters. The molecule has 0 spiro atoms. The lowest BCUT2D eigenvalue weighted by Gasteiger charge is -2.04. The van der Waals surface area contributed by atoms with Crippen LogP contribution in [-0.2, 0) is 6.54 Å². The van der Waals surface area contributed by atoms with E-state index >= 15 is 0 Å². The summed E-state index contributed by atoms with van der Waals surface area (Å²) in [5, 5.41) is 2.96. The number of nitrogens with two attached hydrogens (primary N) is 1. The van der Waals surface area contributed by atoms with Crippen LogP contribution in [0.1, 0.15) is 18.6 Å². The quantitative estimate of drug-likeness (QED) is 0.273. The molecule has 0 aliphatic rings. The maximum Gasteiger partial charge on any atom is 0.206 e. The SMILES string of the molecule is CCNC(=NCc1cnc(C)o1)NN. The van der Waals surface area contributed by atoms with Crippen LogP contribution < -0.4 is 16.6 Å². The van der Waals surface area contributed by atoms with Crippen molar-refractivity contribution < 1.29 is 4.42 Å². The Morgan fingerprint density at radius 2 is 2.50 bits per heavy atom. The van der Waals surface area contributed by atoms with E-state index in [0.717, 1.165) is 6.54 Å². The van der Waals surface area contributed by atoms with E-state index in [1.165, 1.54) is 0 Å². The second-order valence-corrected chi connectivity index (χ2v) is 2.69. The van der Waals surface area contributed by atoms with Crippen LogP contribution in [0.4, 0.5) is 0 Å². The zero-order chi connectivity index (χ0) is 10.4. The number of oxazole rings is 1. The molecule has 6 nitrogen and oxygen atoms in total. The van der Waals surface area contributed by atoms with E-state index in [1.54, 1.807) is 13.1 Å². The predicted molar refractivity (Wildman–Crippen MR) is 53.4 cm³/mol. The van der Waals surface area contributed by atoms with Crippen molar-refractivity contribution in [2.24, 2.45) is 10.8 Å². The van der Waals surface area contributed by atoms with Gasteiger partial charge in [0.05, 0.1) is 6.20 Å². The highest BCUT2D eigenvalue weighted by atomic mass is 16.4. The first-order chi connectivity index (χ1) is 6.76. The van der Waals surface area contributed by atoms with Crippen molar-refractivity contribution in [2.45, 2.75) is 20.4 Å². The summed E-state index contributed by atoms with van der Waals surface area (Å²) in [6, 6.07) is 0. The standard InChI is InChI=1S/C8H15N5O/c1-3-10-8(13-9)12-5-7-4-11-6(2)14-7/h4H,3,5,9H2,1-2H3,(H2,10,12,13). The second-order valence-electron chi connectivity index (χ2n) is 2.69. The zero-order valence-corrected chi connectivity index (χ0v) is 8.37. The Morgan fingerprint density at radius 1 is 1.71 bits per heavy atom. The molecule has 1 heterocycles. The molecule has 0 saturated carbocycles. The summed E-state index contributed by atoms with van der Waals surface area (Å²) in [5.74, 6) is 7.14. The van der Waals surface area contributed by atoms with Crippen LogP contribution in [0, 0.1) is 6.92 Å². The molecular formula is C8H15N5O. The van der Waals surface area contributed by atoms with E-state index in [4.69, 9.17) is 10.3 Å². The lowest BCUT2D eigenvalue weighted by Crippen LogP contribution is -2.41. The number of hydrogen-bond acceptors (Lipinski definition) is 4. The minimum atomic E-state index is 0.424. The van der Waals surface area contributed by atoms with Crippen LogP contribution in [0.15, 0.2) is 15.6 Å². The van der Waals surface area contributed by atoms with Gasteiger partial charge in [0.15, 0.2) is 5.89 Å². The van der Waals surface area contributed by atoms with Crippen LogP contribution in [0.5, 0.6) is 0 Å². The molecule has 0 radical (unpaired) electrons. The molecule has 1 aromatic heterocycles. The summed E-state index contributed by atoms with van der Waals surface area (Å²) < 4.78 is 5.24. The van der Waals surface area contributed by atoms with Gasteiger partial charge in [-0.3, -0.25) is 5.43 Å². The molecule has 78 valence electrons. The molecular weight excluding hydrogens is 182 g/mol. The minimum absolute atomic E-state index is 0.424. The summed E-state index contributed by atoms with van der Waals surface area (Å²) in [6.07, 6.45) is 1.65. The number of hydrogen-bond donors (Lipinski definition) is 3. The fraction of sp³-hybridized carbons (Fsp3) is 0.500. The molecule has 0 saturated heterocycles. The van der Waals surface area contributed by atoms with Gasteiger partial charge in [0.1, 0.15) is 12.3 Å². The maximum absolute atomic E-state index is 5.24. The predicted octanol–water partition coefficient (Wildman–Crippen LogP) is -0.0882.